The van der Waals surface area contributed by atoms with Crippen LogP contribution in [0.2, 0.25) is 10.0 Å². The van der Waals surface area contributed by atoms with Gasteiger partial charge in [-0.25, -0.2) is 4.68 Å². The Morgan fingerprint density at radius 1 is 1.16 bits per heavy atom. The van der Waals surface area contributed by atoms with Crippen molar-refractivity contribution in [2.45, 2.75) is 39.8 Å². The standard InChI is InChI=1S/C18H20Cl2N4O/c1-4-16-17(11-23-7-5-6-21-23)22-24(12(2)3)18(16)25-15-9-13(19)8-14(20)10-15/h5-10,12H,4,11H2,1-3H3. The van der Waals surface area contributed by atoms with Gasteiger partial charge in [0.15, 0.2) is 0 Å². The summed E-state index contributed by atoms with van der Waals surface area (Å²) >= 11 is 12.2. The van der Waals surface area contributed by atoms with Gasteiger partial charge in [-0.05, 0) is 44.5 Å². The Kier molecular flexibility index (Phi) is 5.35. The highest BCUT2D eigenvalue weighted by molar-refractivity contribution is 6.34. The number of nitrogens with zero attached hydrogens (tertiary/aromatic N) is 4. The first-order chi connectivity index (χ1) is 12.0. The van der Waals surface area contributed by atoms with E-state index < -0.39 is 0 Å². The third kappa shape index (κ3) is 3.99. The third-order valence-corrected chi connectivity index (χ3v) is 4.24. The second kappa shape index (κ2) is 7.50. The number of hydrogen-bond acceptors (Lipinski definition) is 3. The van der Waals surface area contributed by atoms with Crippen LogP contribution in [0, 0.1) is 0 Å². The maximum Gasteiger partial charge on any atom is 0.221 e. The van der Waals surface area contributed by atoms with E-state index in [2.05, 4.69) is 25.9 Å². The minimum Gasteiger partial charge on any atom is -0.439 e. The van der Waals surface area contributed by atoms with Crippen molar-refractivity contribution in [1.29, 1.82) is 0 Å². The molecular formula is C18H20Cl2N4O. The summed E-state index contributed by atoms with van der Waals surface area (Å²) in [6.07, 6.45) is 4.48. The van der Waals surface area contributed by atoms with Gasteiger partial charge in [0.1, 0.15) is 5.75 Å². The van der Waals surface area contributed by atoms with Crippen LogP contribution in [0.15, 0.2) is 36.7 Å². The predicted octanol–water partition coefficient (Wildman–Crippen LogP) is 5.37. The number of benzene rings is 1. The molecule has 0 aliphatic carbocycles. The fraction of sp³-hybridized carbons (Fsp3) is 0.333. The van der Waals surface area contributed by atoms with E-state index in [0.29, 0.717) is 22.3 Å². The zero-order chi connectivity index (χ0) is 18.0. The highest BCUT2D eigenvalue weighted by Crippen LogP contribution is 2.33. The summed E-state index contributed by atoms with van der Waals surface area (Å²) < 4.78 is 9.90. The molecule has 7 heteroatoms. The highest BCUT2D eigenvalue weighted by atomic mass is 35.5. The SMILES string of the molecule is CCc1c(Cn2cccn2)nn(C(C)C)c1Oc1cc(Cl)cc(Cl)c1. The molecule has 5 nitrogen and oxygen atoms in total. The van der Waals surface area contributed by atoms with Crippen molar-refractivity contribution >= 4 is 23.2 Å². The van der Waals surface area contributed by atoms with Crippen LogP contribution in [0.25, 0.3) is 0 Å². The van der Waals surface area contributed by atoms with Gasteiger partial charge in [-0.3, -0.25) is 4.68 Å². The smallest absolute Gasteiger partial charge is 0.221 e. The second-order valence-electron chi connectivity index (χ2n) is 6.03. The molecule has 0 bridgehead atoms. The summed E-state index contributed by atoms with van der Waals surface area (Å²) in [6.45, 7) is 6.83. The van der Waals surface area contributed by atoms with Crippen molar-refractivity contribution in [2.75, 3.05) is 0 Å². The van der Waals surface area contributed by atoms with E-state index in [4.69, 9.17) is 33.0 Å². The van der Waals surface area contributed by atoms with E-state index >= 15 is 0 Å². The molecular weight excluding hydrogens is 359 g/mol. The molecule has 0 spiro atoms. The number of aromatic nitrogens is 4. The zero-order valence-electron chi connectivity index (χ0n) is 14.4. The van der Waals surface area contributed by atoms with Crippen molar-refractivity contribution in [3.05, 3.63) is 58.0 Å². The molecule has 0 saturated carbocycles. The lowest BCUT2D eigenvalue weighted by Crippen LogP contribution is -2.06. The topological polar surface area (TPSA) is 44.9 Å². The first-order valence-corrected chi connectivity index (χ1v) is 8.95. The minimum absolute atomic E-state index is 0.154. The van der Waals surface area contributed by atoms with Crippen LogP contribution in [-0.4, -0.2) is 19.6 Å². The third-order valence-electron chi connectivity index (χ3n) is 3.81. The van der Waals surface area contributed by atoms with E-state index in [0.717, 1.165) is 23.6 Å². The molecule has 0 aliphatic heterocycles. The molecule has 0 unspecified atom stereocenters. The molecule has 0 atom stereocenters. The summed E-state index contributed by atoms with van der Waals surface area (Å²) in [7, 11) is 0. The van der Waals surface area contributed by atoms with Crippen LogP contribution in [0.5, 0.6) is 11.6 Å². The van der Waals surface area contributed by atoms with Crippen molar-refractivity contribution in [2.24, 2.45) is 0 Å². The summed E-state index contributed by atoms with van der Waals surface area (Å²) in [4.78, 5) is 0. The zero-order valence-corrected chi connectivity index (χ0v) is 15.9. The normalized spacial score (nSPS) is 11.3. The van der Waals surface area contributed by atoms with E-state index in [9.17, 15) is 0 Å². The lowest BCUT2D eigenvalue weighted by molar-refractivity contribution is 0.385. The predicted molar refractivity (Wildman–Crippen MR) is 99.9 cm³/mol. The van der Waals surface area contributed by atoms with Crippen LogP contribution in [0.3, 0.4) is 0 Å². The molecule has 0 aliphatic rings. The molecule has 1 aromatic carbocycles. The van der Waals surface area contributed by atoms with Crippen LogP contribution < -0.4 is 4.74 Å². The molecule has 0 N–H and O–H groups in total. The van der Waals surface area contributed by atoms with Gasteiger partial charge in [0, 0.05) is 28.0 Å². The summed E-state index contributed by atoms with van der Waals surface area (Å²) in [5.41, 5.74) is 2.00. The Bertz CT molecular complexity index is 836. The number of halogens is 2. The lowest BCUT2D eigenvalue weighted by Gasteiger charge is -2.13. The molecule has 0 amide bonds. The monoisotopic (exact) mass is 378 g/mol. The van der Waals surface area contributed by atoms with Gasteiger partial charge in [0.2, 0.25) is 5.88 Å². The number of hydrogen-bond donors (Lipinski definition) is 0. The van der Waals surface area contributed by atoms with Gasteiger partial charge in [0.05, 0.1) is 18.3 Å². The number of ether oxygens (including phenoxy) is 1. The van der Waals surface area contributed by atoms with Crippen molar-refractivity contribution in [1.82, 2.24) is 19.6 Å². The molecule has 132 valence electrons. The maximum atomic E-state index is 6.16. The maximum absolute atomic E-state index is 6.16. The molecule has 0 saturated heterocycles. The van der Waals surface area contributed by atoms with Gasteiger partial charge in [0.25, 0.3) is 0 Å². The quantitative estimate of drug-likeness (QED) is 0.578. The first kappa shape index (κ1) is 17.8. The van der Waals surface area contributed by atoms with Gasteiger partial charge >= 0.3 is 0 Å². The average Bonchev–Trinajstić information content (AvgIpc) is 3.14. The summed E-state index contributed by atoms with van der Waals surface area (Å²) in [5, 5.41) is 10.1. The Hall–Kier alpha value is -1.98. The van der Waals surface area contributed by atoms with Crippen molar-refractivity contribution in [3.8, 4) is 11.6 Å². The molecule has 0 radical (unpaired) electrons. The van der Waals surface area contributed by atoms with Gasteiger partial charge in [-0.2, -0.15) is 10.2 Å². The van der Waals surface area contributed by atoms with Gasteiger partial charge < -0.3 is 4.74 Å². The van der Waals surface area contributed by atoms with Crippen LogP contribution in [0.1, 0.15) is 38.1 Å². The van der Waals surface area contributed by atoms with E-state index in [1.54, 1.807) is 24.4 Å². The molecule has 3 rings (SSSR count). The van der Waals surface area contributed by atoms with Crippen LogP contribution in [-0.2, 0) is 13.0 Å². The molecule has 2 aromatic heterocycles. The molecule has 2 heterocycles. The van der Waals surface area contributed by atoms with Crippen LogP contribution >= 0.6 is 23.2 Å². The highest BCUT2D eigenvalue weighted by Gasteiger charge is 2.21. The fourth-order valence-corrected chi connectivity index (χ4v) is 3.19. The lowest BCUT2D eigenvalue weighted by atomic mass is 10.2. The van der Waals surface area contributed by atoms with Gasteiger partial charge in [-0.15, -0.1) is 0 Å². The second-order valence-corrected chi connectivity index (χ2v) is 6.91. The first-order valence-electron chi connectivity index (χ1n) is 8.19. The van der Waals surface area contributed by atoms with E-state index in [1.165, 1.54) is 0 Å². The van der Waals surface area contributed by atoms with Gasteiger partial charge in [-0.1, -0.05) is 30.1 Å². The Morgan fingerprint density at radius 3 is 2.44 bits per heavy atom. The Balaban J connectivity index is 2.02. The summed E-state index contributed by atoms with van der Waals surface area (Å²) in [6, 6.07) is 7.23. The largest absolute Gasteiger partial charge is 0.439 e. The molecule has 0 fully saturated rings. The minimum atomic E-state index is 0.154. The summed E-state index contributed by atoms with van der Waals surface area (Å²) in [5.74, 6) is 1.32. The van der Waals surface area contributed by atoms with Crippen LogP contribution in [0.4, 0.5) is 0 Å². The Labute approximate surface area is 157 Å². The molecule has 25 heavy (non-hydrogen) atoms. The van der Waals surface area contributed by atoms with Crippen molar-refractivity contribution < 1.29 is 4.74 Å². The fourth-order valence-electron chi connectivity index (χ4n) is 2.68. The number of rotatable bonds is 6. The molecule has 3 aromatic rings. The Morgan fingerprint density at radius 2 is 1.88 bits per heavy atom. The van der Waals surface area contributed by atoms with E-state index in [-0.39, 0.29) is 6.04 Å². The van der Waals surface area contributed by atoms with E-state index in [1.807, 2.05) is 21.6 Å². The average molecular weight is 379 g/mol. The van der Waals surface area contributed by atoms with Crippen molar-refractivity contribution in [3.63, 3.8) is 0 Å².